The smallest absolute Gasteiger partial charge is 0.231 e. The highest BCUT2D eigenvalue weighted by Crippen LogP contribution is 2.35. The molecule has 1 N–H and O–H groups in total. The van der Waals surface area contributed by atoms with Crippen LogP contribution in [0.5, 0.6) is 11.5 Å². The van der Waals surface area contributed by atoms with Gasteiger partial charge in [-0.25, -0.2) is 0 Å². The summed E-state index contributed by atoms with van der Waals surface area (Å²) in [7, 11) is 0. The van der Waals surface area contributed by atoms with E-state index in [4.69, 9.17) is 14.7 Å². The molecule has 1 aromatic carbocycles. The summed E-state index contributed by atoms with van der Waals surface area (Å²) in [5.74, 6) is 1.93. The quantitative estimate of drug-likeness (QED) is 0.897. The fourth-order valence-electron chi connectivity index (χ4n) is 1.86. The average molecular weight is 254 g/mol. The first-order valence-corrected chi connectivity index (χ1v) is 5.71. The molecule has 0 bridgehead atoms. The van der Waals surface area contributed by atoms with E-state index in [9.17, 15) is 0 Å². The van der Waals surface area contributed by atoms with E-state index in [1.54, 1.807) is 6.07 Å². The predicted octanol–water partition coefficient (Wildman–Crippen LogP) is 1.69. The summed E-state index contributed by atoms with van der Waals surface area (Å²) in [6.45, 7) is 0.723. The van der Waals surface area contributed by atoms with Crippen molar-refractivity contribution in [3.63, 3.8) is 0 Å². The maximum atomic E-state index is 8.97. The molecule has 0 amide bonds. The van der Waals surface area contributed by atoms with Crippen molar-refractivity contribution < 1.29 is 9.47 Å². The van der Waals surface area contributed by atoms with Crippen LogP contribution < -0.4 is 14.8 Å². The molecule has 1 aromatic heterocycles. The predicted molar refractivity (Wildman–Crippen MR) is 66.6 cm³/mol. The van der Waals surface area contributed by atoms with Gasteiger partial charge in [-0.3, -0.25) is 0 Å². The Kier molecular flexibility index (Phi) is 2.86. The van der Waals surface area contributed by atoms with E-state index in [0.29, 0.717) is 17.9 Å². The third-order valence-corrected chi connectivity index (χ3v) is 2.77. The Morgan fingerprint density at radius 2 is 2.26 bits per heavy atom. The SMILES string of the molecule is N#Cc1ccnnc1NCc1cccc2c1OCO2. The number of nitrogens with one attached hydrogen (secondary N) is 1. The number of anilines is 1. The monoisotopic (exact) mass is 254 g/mol. The third-order valence-electron chi connectivity index (χ3n) is 2.77. The lowest BCUT2D eigenvalue weighted by Gasteiger charge is -2.08. The van der Waals surface area contributed by atoms with E-state index < -0.39 is 0 Å². The van der Waals surface area contributed by atoms with E-state index in [1.165, 1.54) is 6.20 Å². The second-order valence-electron chi connectivity index (χ2n) is 3.91. The van der Waals surface area contributed by atoms with Gasteiger partial charge in [0.2, 0.25) is 6.79 Å². The Labute approximate surface area is 109 Å². The molecule has 0 saturated carbocycles. The van der Waals surface area contributed by atoms with Crippen molar-refractivity contribution in [2.75, 3.05) is 12.1 Å². The first-order chi connectivity index (χ1) is 9.38. The van der Waals surface area contributed by atoms with E-state index in [-0.39, 0.29) is 6.79 Å². The Morgan fingerprint density at radius 1 is 1.32 bits per heavy atom. The topological polar surface area (TPSA) is 80.1 Å². The minimum absolute atomic E-state index is 0.237. The first kappa shape index (κ1) is 11.3. The number of benzene rings is 1. The van der Waals surface area contributed by atoms with Crippen molar-refractivity contribution in [3.8, 4) is 17.6 Å². The summed E-state index contributed by atoms with van der Waals surface area (Å²) in [5, 5.41) is 19.7. The van der Waals surface area contributed by atoms with E-state index in [0.717, 1.165) is 17.1 Å². The van der Waals surface area contributed by atoms with Crippen molar-refractivity contribution in [1.29, 1.82) is 5.26 Å². The number of hydrogen-bond acceptors (Lipinski definition) is 6. The van der Waals surface area contributed by atoms with E-state index >= 15 is 0 Å². The van der Waals surface area contributed by atoms with Crippen LogP contribution in [0.2, 0.25) is 0 Å². The number of aromatic nitrogens is 2. The standard InChI is InChI=1S/C13H10N4O2/c14-6-9-4-5-16-17-13(9)15-7-10-2-1-3-11-12(10)19-8-18-11/h1-5H,7-8H2,(H,15,17). The molecule has 6 heteroatoms. The van der Waals surface area contributed by atoms with Crippen LogP contribution in [0.3, 0.4) is 0 Å². The van der Waals surface area contributed by atoms with Gasteiger partial charge in [-0.1, -0.05) is 12.1 Å². The van der Waals surface area contributed by atoms with Crippen molar-refractivity contribution in [2.24, 2.45) is 0 Å². The summed E-state index contributed by atoms with van der Waals surface area (Å²) in [5.41, 5.74) is 1.41. The van der Waals surface area contributed by atoms with Crippen molar-refractivity contribution >= 4 is 5.82 Å². The molecular weight excluding hydrogens is 244 g/mol. The normalized spacial score (nSPS) is 11.9. The minimum atomic E-state index is 0.237. The summed E-state index contributed by atoms with van der Waals surface area (Å²) >= 11 is 0. The van der Waals surface area contributed by atoms with Crippen LogP contribution in [0.25, 0.3) is 0 Å². The lowest BCUT2D eigenvalue weighted by Crippen LogP contribution is -2.05. The van der Waals surface area contributed by atoms with Crippen molar-refractivity contribution in [3.05, 3.63) is 41.6 Å². The summed E-state index contributed by atoms with van der Waals surface area (Å²) in [6.07, 6.45) is 1.49. The highest BCUT2D eigenvalue weighted by atomic mass is 16.7. The molecule has 2 aromatic rings. The number of fused-ring (bicyclic) bond motifs is 1. The second kappa shape index (κ2) is 4.82. The first-order valence-electron chi connectivity index (χ1n) is 5.71. The molecule has 0 spiro atoms. The van der Waals surface area contributed by atoms with Gasteiger partial charge in [-0.2, -0.15) is 10.4 Å². The third kappa shape index (κ3) is 2.13. The van der Waals surface area contributed by atoms with Gasteiger partial charge in [0.1, 0.15) is 6.07 Å². The molecule has 19 heavy (non-hydrogen) atoms. The highest BCUT2D eigenvalue weighted by molar-refractivity contribution is 5.53. The van der Waals surface area contributed by atoms with Crippen LogP contribution in [0.4, 0.5) is 5.82 Å². The molecule has 6 nitrogen and oxygen atoms in total. The maximum absolute atomic E-state index is 8.97. The Balaban J connectivity index is 1.80. The van der Waals surface area contributed by atoms with Crippen LogP contribution in [0, 0.1) is 11.3 Å². The fraction of sp³-hybridized carbons (Fsp3) is 0.154. The minimum Gasteiger partial charge on any atom is -0.454 e. The number of rotatable bonds is 3. The van der Waals surface area contributed by atoms with Crippen LogP contribution >= 0.6 is 0 Å². The number of nitrogens with zero attached hydrogens (tertiary/aromatic N) is 3. The molecule has 1 aliphatic rings. The fourth-order valence-corrected chi connectivity index (χ4v) is 1.86. The van der Waals surface area contributed by atoms with Crippen LogP contribution in [0.15, 0.2) is 30.5 Å². The van der Waals surface area contributed by atoms with Gasteiger partial charge >= 0.3 is 0 Å². The molecule has 3 rings (SSSR count). The summed E-state index contributed by atoms with van der Waals surface area (Å²) < 4.78 is 10.7. The van der Waals surface area contributed by atoms with Gasteiger partial charge in [0.15, 0.2) is 17.3 Å². The maximum Gasteiger partial charge on any atom is 0.231 e. The van der Waals surface area contributed by atoms with Gasteiger partial charge in [-0.05, 0) is 12.1 Å². The number of nitriles is 1. The molecule has 1 aliphatic heterocycles. The van der Waals surface area contributed by atoms with Crippen molar-refractivity contribution in [2.45, 2.75) is 6.54 Å². The molecule has 0 saturated heterocycles. The number of ether oxygens (including phenoxy) is 2. The molecular formula is C13H10N4O2. The lowest BCUT2D eigenvalue weighted by atomic mass is 10.2. The largest absolute Gasteiger partial charge is 0.454 e. The Bertz CT molecular complexity index is 651. The molecule has 0 fully saturated rings. The lowest BCUT2D eigenvalue weighted by molar-refractivity contribution is 0.173. The van der Waals surface area contributed by atoms with Gasteiger partial charge in [0.25, 0.3) is 0 Å². The summed E-state index contributed by atoms with van der Waals surface area (Å²) in [4.78, 5) is 0. The zero-order valence-corrected chi connectivity index (χ0v) is 9.96. The molecule has 0 radical (unpaired) electrons. The van der Waals surface area contributed by atoms with Gasteiger partial charge in [0, 0.05) is 12.1 Å². The molecule has 2 heterocycles. The van der Waals surface area contributed by atoms with Gasteiger partial charge < -0.3 is 14.8 Å². The Morgan fingerprint density at radius 3 is 3.16 bits per heavy atom. The number of para-hydroxylation sites is 1. The molecule has 94 valence electrons. The van der Waals surface area contributed by atoms with Crippen LogP contribution in [-0.4, -0.2) is 17.0 Å². The summed E-state index contributed by atoms with van der Waals surface area (Å²) in [6, 6.07) is 9.36. The second-order valence-corrected chi connectivity index (χ2v) is 3.91. The van der Waals surface area contributed by atoms with Crippen LogP contribution in [0.1, 0.15) is 11.1 Å². The number of hydrogen-bond donors (Lipinski definition) is 1. The van der Waals surface area contributed by atoms with Gasteiger partial charge in [0.05, 0.1) is 11.8 Å². The Hall–Kier alpha value is -2.81. The van der Waals surface area contributed by atoms with Gasteiger partial charge in [-0.15, -0.1) is 5.10 Å². The molecule has 0 atom stereocenters. The van der Waals surface area contributed by atoms with E-state index in [2.05, 4.69) is 21.6 Å². The molecule has 0 aliphatic carbocycles. The zero-order chi connectivity index (χ0) is 13.1. The van der Waals surface area contributed by atoms with E-state index in [1.807, 2.05) is 18.2 Å². The average Bonchev–Trinajstić information content (AvgIpc) is 2.94. The molecule has 0 unspecified atom stereocenters. The zero-order valence-electron chi connectivity index (χ0n) is 9.96. The van der Waals surface area contributed by atoms with Crippen LogP contribution in [-0.2, 0) is 6.54 Å². The highest BCUT2D eigenvalue weighted by Gasteiger charge is 2.17. The van der Waals surface area contributed by atoms with Crippen molar-refractivity contribution in [1.82, 2.24) is 10.2 Å².